The summed E-state index contributed by atoms with van der Waals surface area (Å²) in [6.45, 7) is 4.64. The van der Waals surface area contributed by atoms with E-state index < -0.39 is 10.0 Å². The second-order valence-electron chi connectivity index (χ2n) is 6.55. The van der Waals surface area contributed by atoms with Crippen LogP contribution in [0.25, 0.3) is 0 Å². The summed E-state index contributed by atoms with van der Waals surface area (Å²) in [5, 5.41) is 3.55. The van der Waals surface area contributed by atoms with Crippen LogP contribution in [0.4, 0.5) is 11.4 Å². The summed E-state index contributed by atoms with van der Waals surface area (Å²) in [6, 6.07) is 7.94. The molecular formula is C15H24N2O2S. The zero-order chi connectivity index (χ0) is 14.8. The Balaban J connectivity index is 1.97. The molecular weight excluding hydrogens is 272 g/mol. The SMILES string of the molecule is CC1(C)CCCC(Nc2ccc(NS(C)(=O)=O)cc2)C1. The first-order chi connectivity index (χ1) is 9.23. The van der Waals surface area contributed by atoms with Crippen LogP contribution in [-0.2, 0) is 10.0 Å². The maximum atomic E-state index is 11.1. The van der Waals surface area contributed by atoms with Crippen LogP contribution in [0.5, 0.6) is 0 Å². The number of rotatable bonds is 4. The van der Waals surface area contributed by atoms with E-state index >= 15 is 0 Å². The summed E-state index contributed by atoms with van der Waals surface area (Å²) in [5.74, 6) is 0. The molecule has 0 saturated heterocycles. The molecule has 0 aliphatic heterocycles. The Morgan fingerprint density at radius 3 is 2.30 bits per heavy atom. The van der Waals surface area contributed by atoms with Gasteiger partial charge in [0, 0.05) is 17.4 Å². The molecule has 2 N–H and O–H groups in total. The predicted molar refractivity (Wildman–Crippen MR) is 84.6 cm³/mol. The van der Waals surface area contributed by atoms with Crippen LogP contribution in [0.2, 0.25) is 0 Å². The Morgan fingerprint density at radius 2 is 1.75 bits per heavy atom. The van der Waals surface area contributed by atoms with Gasteiger partial charge in [0.25, 0.3) is 0 Å². The normalized spacial score (nSPS) is 22.2. The molecule has 1 unspecified atom stereocenters. The summed E-state index contributed by atoms with van der Waals surface area (Å²) in [7, 11) is -3.20. The highest BCUT2D eigenvalue weighted by Crippen LogP contribution is 2.36. The fourth-order valence-electron chi connectivity index (χ4n) is 2.91. The molecule has 20 heavy (non-hydrogen) atoms. The second kappa shape index (κ2) is 5.64. The van der Waals surface area contributed by atoms with E-state index in [1.54, 1.807) is 12.1 Å². The standard InChI is InChI=1S/C15H24N2O2S/c1-15(2)10-4-5-14(11-15)16-12-6-8-13(9-7-12)17-20(3,18)19/h6-9,14,16-17H,4-5,10-11H2,1-3H3. The van der Waals surface area contributed by atoms with Crippen molar-refractivity contribution >= 4 is 21.4 Å². The number of hydrogen-bond acceptors (Lipinski definition) is 3. The zero-order valence-electron chi connectivity index (χ0n) is 12.4. The average molecular weight is 296 g/mol. The Morgan fingerprint density at radius 1 is 1.15 bits per heavy atom. The third-order valence-electron chi connectivity index (χ3n) is 3.76. The summed E-state index contributed by atoms with van der Waals surface area (Å²) >= 11 is 0. The molecule has 1 aromatic rings. The third-order valence-corrected chi connectivity index (χ3v) is 4.37. The molecule has 0 spiro atoms. The molecule has 112 valence electrons. The smallest absolute Gasteiger partial charge is 0.229 e. The minimum Gasteiger partial charge on any atom is -0.382 e. The molecule has 1 fully saturated rings. The molecule has 1 saturated carbocycles. The molecule has 1 aromatic carbocycles. The maximum absolute atomic E-state index is 11.1. The first-order valence-corrected chi connectivity index (χ1v) is 8.97. The summed E-state index contributed by atoms with van der Waals surface area (Å²) in [6.07, 6.45) is 6.09. The van der Waals surface area contributed by atoms with Crippen molar-refractivity contribution in [3.8, 4) is 0 Å². The summed E-state index contributed by atoms with van der Waals surface area (Å²) < 4.78 is 24.8. The van der Waals surface area contributed by atoms with Gasteiger partial charge in [0.2, 0.25) is 10.0 Å². The van der Waals surface area contributed by atoms with Gasteiger partial charge in [0.05, 0.1) is 6.26 Å². The van der Waals surface area contributed by atoms with E-state index in [-0.39, 0.29) is 0 Å². The molecule has 1 aliphatic rings. The molecule has 4 nitrogen and oxygen atoms in total. The molecule has 5 heteroatoms. The van der Waals surface area contributed by atoms with Gasteiger partial charge in [-0.15, -0.1) is 0 Å². The van der Waals surface area contributed by atoms with Gasteiger partial charge in [-0.1, -0.05) is 20.3 Å². The molecule has 2 rings (SSSR count). The number of benzene rings is 1. The maximum Gasteiger partial charge on any atom is 0.229 e. The number of hydrogen-bond donors (Lipinski definition) is 2. The highest BCUT2D eigenvalue weighted by atomic mass is 32.2. The number of anilines is 2. The van der Waals surface area contributed by atoms with Crippen LogP contribution in [0.15, 0.2) is 24.3 Å². The molecule has 1 atom stereocenters. The van der Waals surface area contributed by atoms with Crippen LogP contribution in [-0.4, -0.2) is 20.7 Å². The number of nitrogens with one attached hydrogen (secondary N) is 2. The minimum atomic E-state index is -3.20. The van der Waals surface area contributed by atoms with Crippen molar-refractivity contribution in [2.45, 2.75) is 45.6 Å². The van der Waals surface area contributed by atoms with Gasteiger partial charge in [-0.3, -0.25) is 4.72 Å². The lowest BCUT2D eigenvalue weighted by molar-refractivity contribution is 0.229. The van der Waals surface area contributed by atoms with Crippen molar-refractivity contribution < 1.29 is 8.42 Å². The third kappa shape index (κ3) is 4.71. The molecule has 0 heterocycles. The highest BCUT2D eigenvalue weighted by Gasteiger charge is 2.27. The average Bonchev–Trinajstić information content (AvgIpc) is 2.28. The molecule has 0 amide bonds. The number of sulfonamides is 1. The lowest BCUT2D eigenvalue weighted by Crippen LogP contribution is -2.31. The quantitative estimate of drug-likeness (QED) is 0.895. The van der Waals surface area contributed by atoms with E-state index in [4.69, 9.17) is 0 Å². The highest BCUT2D eigenvalue weighted by molar-refractivity contribution is 7.92. The van der Waals surface area contributed by atoms with Gasteiger partial charge in [-0.05, 0) is 48.9 Å². The van der Waals surface area contributed by atoms with Crippen molar-refractivity contribution in [1.29, 1.82) is 0 Å². The van der Waals surface area contributed by atoms with Gasteiger partial charge < -0.3 is 5.32 Å². The summed E-state index contributed by atoms with van der Waals surface area (Å²) in [5.41, 5.74) is 2.06. The van der Waals surface area contributed by atoms with Gasteiger partial charge >= 0.3 is 0 Å². The van der Waals surface area contributed by atoms with Crippen molar-refractivity contribution in [2.75, 3.05) is 16.3 Å². The summed E-state index contributed by atoms with van der Waals surface area (Å²) in [4.78, 5) is 0. The monoisotopic (exact) mass is 296 g/mol. The van der Waals surface area contributed by atoms with E-state index in [9.17, 15) is 8.42 Å². The van der Waals surface area contributed by atoms with E-state index in [0.717, 1.165) is 11.9 Å². The van der Waals surface area contributed by atoms with E-state index in [1.807, 2.05) is 12.1 Å². The molecule has 0 radical (unpaired) electrons. The first kappa shape index (κ1) is 15.2. The van der Waals surface area contributed by atoms with Gasteiger partial charge in [-0.25, -0.2) is 8.42 Å². The van der Waals surface area contributed by atoms with E-state index in [2.05, 4.69) is 23.9 Å². The van der Waals surface area contributed by atoms with Crippen molar-refractivity contribution in [3.63, 3.8) is 0 Å². The van der Waals surface area contributed by atoms with Crippen molar-refractivity contribution in [1.82, 2.24) is 0 Å². The zero-order valence-corrected chi connectivity index (χ0v) is 13.3. The van der Waals surface area contributed by atoms with Gasteiger partial charge in [0.1, 0.15) is 0 Å². The fourth-order valence-corrected chi connectivity index (χ4v) is 3.47. The fraction of sp³-hybridized carbons (Fsp3) is 0.600. The Labute approximate surface area is 122 Å². The minimum absolute atomic E-state index is 0.410. The molecule has 0 bridgehead atoms. The Bertz CT molecular complexity index is 550. The van der Waals surface area contributed by atoms with Crippen LogP contribution in [0, 0.1) is 5.41 Å². The Kier molecular flexibility index (Phi) is 4.28. The van der Waals surface area contributed by atoms with Crippen LogP contribution >= 0.6 is 0 Å². The molecule has 0 aromatic heterocycles. The molecule has 1 aliphatic carbocycles. The van der Waals surface area contributed by atoms with Crippen LogP contribution in [0.1, 0.15) is 39.5 Å². The topological polar surface area (TPSA) is 58.2 Å². The van der Waals surface area contributed by atoms with Crippen LogP contribution in [0.3, 0.4) is 0 Å². The van der Waals surface area contributed by atoms with Crippen LogP contribution < -0.4 is 10.0 Å². The van der Waals surface area contributed by atoms with Gasteiger partial charge in [-0.2, -0.15) is 0 Å². The van der Waals surface area contributed by atoms with Crippen molar-refractivity contribution in [2.24, 2.45) is 5.41 Å². The van der Waals surface area contributed by atoms with E-state index in [0.29, 0.717) is 17.1 Å². The predicted octanol–water partition coefficient (Wildman–Crippen LogP) is 3.44. The first-order valence-electron chi connectivity index (χ1n) is 7.08. The second-order valence-corrected chi connectivity index (χ2v) is 8.30. The van der Waals surface area contributed by atoms with Crippen molar-refractivity contribution in [3.05, 3.63) is 24.3 Å². The lowest BCUT2D eigenvalue weighted by atomic mass is 9.75. The van der Waals surface area contributed by atoms with E-state index in [1.165, 1.54) is 25.7 Å². The lowest BCUT2D eigenvalue weighted by Gasteiger charge is -2.36. The largest absolute Gasteiger partial charge is 0.382 e. The Hall–Kier alpha value is -1.23. The van der Waals surface area contributed by atoms with Gasteiger partial charge in [0.15, 0.2) is 0 Å².